The highest BCUT2D eigenvalue weighted by molar-refractivity contribution is 5.93. The predicted molar refractivity (Wildman–Crippen MR) is 105 cm³/mol. The van der Waals surface area contributed by atoms with Crippen molar-refractivity contribution in [2.24, 2.45) is 5.92 Å². The molecule has 1 aromatic heterocycles. The summed E-state index contributed by atoms with van der Waals surface area (Å²) >= 11 is 0. The number of oxazole rings is 1. The lowest BCUT2D eigenvalue weighted by molar-refractivity contribution is -0.135. The summed E-state index contributed by atoms with van der Waals surface area (Å²) < 4.78 is 6.52. The van der Waals surface area contributed by atoms with Crippen molar-refractivity contribution in [3.63, 3.8) is 0 Å². The molecule has 2 aromatic carbocycles. The number of aromatic nitrogens is 1. The molecule has 1 N–H and O–H groups in total. The summed E-state index contributed by atoms with van der Waals surface area (Å²) in [5.41, 5.74) is 1.79. The molecule has 7 nitrogen and oxygen atoms in total. The number of hydrogen-bond acceptors (Lipinski definition) is 4. The number of benzene rings is 2. The number of carbonyl (C=O) groups excluding carboxylic acids is 2. The van der Waals surface area contributed by atoms with Crippen LogP contribution in [-0.2, 0) is 16.1 Å². The topological polar surface area (TPSA) is 84.5 Å². The molecule has 1 fully saturated rings. The number of para-hydroxylation sites is 3. The molecule has 4 rings (SSSR count). The van der Waals surface area contributed by atoms with Crippen LogP contribution in [0.3, 0.4) is 0 Å². The molecule has 3 aromatic rings. The van der Waals surface area contributed by atoms with E-state index in [-0.39, 0.29) is 24.3 Å². The molecular formula is C21H21N3O4. The number of rotatable bonds is 4. The van der Waals surface area contributed by atoms with Crippen LogP contribution in [0.1, 0.15) is 12.8 Å². The van der Waals surface area contributed by atoms with E-state index in [4.69, 9.17) is 4.42 Å². The number of nitrogens with zero attached hydrogens (tertiary/aromatic N) is 2. The number of amides is 2. The number of anilines is 1. The maximum atomic E-state index is 12.8. The smallest absolute Gasteiger partial charge is 0.408 e. The zero-order chi connectivity index (χ0) is 19.5. The molecule has 0 aliphatic carbocycles. The van der Waals surface area contributed by atoms with Crippen LogP contribution in [0.15, 0.2) is 63.8 Å². The number of fused-ring (bicyclic) bond motifs is 1. The molecule has 28 heavy (non-hydrogen) atoms. The molecule has 2 amide bonds. The fourth-order valence-corrected chi connectivity index (χ4v) is 3.58. The van der Waals surface area contributed by atoms with E-state index in [0.29, 0.717) is 24.2 Å². The van der Waals surface area contributed by atoms with Crippen LogP contribution in [0, 0.1) is 5.92 Å². The highest BCUT2D eigenvalue weighted by Crippen LogP contribution is 2.20. The third-order valence-corrected chi connectivity index (χ3v) is 5.05. The van der Waals surface area contributed by atoms with Crippen molar-refractivity contribution in [1.82, 2.24) is 9.47 Å². The Morgan fingerprint density at radius 1 is 1.07 bits per heavy atom. The standard InChI is InChI=1S/C21H21N3O4/c25-19(14-24-17-10-4-5-11-18(17)28-21(24)27)23-12-6-7-15(13-23)20(26)22-16-8-2-1-3-9-16/h1-5,8-11,15H,6-7,12-14H2,(H,22,26). The summed E-state index contributed by atoms with van der Waals surface area (Å²) in [5.74, 6) is -1.10. The van der Waals surface area contributed by atoms with E-state index < -0.39 is 5.76 Å². The molecule has 1 atom stereocenters. The highest BCUT2D eigenvalue weighted by atomic mass is 16.4. The van der Waals surface area contributed by atoms with Crippen molar-refractivity contribution in [3.8, 4) is 0 Å². The van der Waals surface area contributed by atoms with Gasteiger partial charge in [0.05, 0.1) is 11.4 Å². The molecule has 0 saturated carbocycles. The van der Waals surface area contributed by atoms with Gasteiger partial charge < -0.3 is 14.6 Å². The normalized spacial score (nSPS) is 16.9. The highest BCUT2D eigenvalue weighted by Gasteiger charge is 2.29. The predicted octanol–water partition coefficient (Wildman–Crippen LogP) is 2.47. The molecule has 1 aliphatic heterocycles. The molecule has 0 radical (unpaired) electrons. The monoisotopic (exact) mass is 379 g/mol. The van der Waals surface area contributed by atoms with Crippen LogP contribution in [0.25, 0.3) is 11.1 Å². The minimum atomic E-state index is -0.551. The first-order valence-corrected chi connectivity index (χ1v) is 9.34. The van der Waals surface area contributed by atoms with Gasteiger partial charge >= 0.3 is 5.76 Å². The summed E-state index contributed by atoms with van der Waals surface area (Å²) in [6.45, 7) is 0.837. The first-order chi connectivity index (χ1) is 13.6. The van der Waals surface area contributed by atoms with Gasteiger partial charge in [0.15, 0.2) is 5.58 Å². The van der Waals surface area contributed by atoms with Gasteiger partial charge in [-0.1, -0.05) is 30.3 Å². The SMILES string of the molecule is O=C(Nc1ccccc1)C1CCCN(C(=O)Cn2c(=O)oc3ccccc32)C1. The zero-order valence-corrected chi connectivity index (χ0v) is 15.3. The van der Waals surface area contributed by atoms with Gasteiger partial charge in [-0.15, -0.1) is 0 Å². The molecule has 7 heteroatoms. The summed E-state index contributed by atoms with van der Waals surface area (Å²) in [6.07, 6.45) is 1.48. The van der Waals surface area contributed by atoms with Crippen molar-refractivity contribution in [3.05, 3.63) is 65.1 Å². The van der Waals surface area contributed by atoms with E-state index in [1.54, 1.807) is 29.2 Å². The first kappa shape index (κ1) is 18.0. The molecule has 144 valence electrons. The molecule has 0 spiro atoms. The van der Waals surface area contributed by atoms with E-state index in [1.165, 1.54) is 4.57 Å². The first-order valence-electron chi connectivity index (χ1n) is 9.34. The Balaban J connectivity index is 1.44. The maximum absolute atomic E-state index is 12.8. The second-order valence-corrected chi connectivity index (χ2v) is 6.96. The summed E-state index contributed by atoms with van der Waals surface area (Å²) in [7, 11) is 0. The Hall–Kier alpha value is -3.35. The second kappa shape index (κ2) is 7.72. The Bertz CT molecular complexity index is 1050. The van der Waals surface area contributed by atoms with Crippen molar-refractivity contribution < 1.29 is 14.0 Å². The second-order valence-electron chi connectivity index (χ2n) is 6.96. The average Bonchev–Trinajstić information content (AvgIpc) is 3.04. The number of hydrogen-bond donors (Lipinski definition) is 1. The van der Waals surface area contributed by atoms with Crippen LogP contribution >= 0.6 is 0 Å². The van der Waals surface area contributed by atoms with Crippen molar-refractivity contribution in [2.75, 3.05) is 18.4 Å². The molecular weight excluding hydrogens is 358 g/mol. The Labute approximate surface area is 161 Å². The molecule has 2 heterocycles. The fourth-order valence-electron chi connectivity index (χ4n) is 3.58. The van der Waals surface area contributed by atoms with Crippen molar-refractivity contribution in [2.45, 2.75) is 19.4 Å². The average molecular weight is 379 g/mol. The minimum Gasteiger partial charge on any atom is -0.408 e. The molecule has 0 bridgehead atoms. The van der Waals surface area contributed by atoms with Crippen molar-refractivity contribution >= 4 is 28.6 Å². The molecule has 1 aliphatic rings. The fraction of sp³-hybridized carbons (Fsp3) is 0.286. The van der Waals surface area contributed by atoms with Gasteiger partial charge in [-0.2, -0.15) is 0 Å². The van der Waals surface area contributed by atoms with Gasteiger partial charge in [0.1, 0.15) is 6.54 Å². The van der Waals surface area contributed by atoms with Gasteiger partial charge in [0.2, 0.25) is 11.8 Å². The lowest BCUT2D eigenvalue weighted by Gasteiger charge is -2.32. The van der Waals surface area contributed by atoms with Crippen LogP contribution < -0.4 is 11.1 Å². The van der Waals surface area contributed by atoms with Gasteiger partial charge in [-0.25, -0.2) is 4.79 Å². The van der Waals surface area contributed by atoms with Crippen LogP contribution in [0.5, 0.6) is 0 Å². The zero-order valence-electron chi connectivity index (χ0n) is 15.3. The van der Waals surface area contributed by atoms with Crippen LogP contribution in [0.4, 0.5) is 5.69 Å². The van der Waals surface area contributed by atoms with Crippen molar-refractivity contribution in [1.29, 1.82) is 0 Å². The third kappa shape index (κ3) is 3.69. The van der Waals surface area contributed by atoms with Gasteiger partial charge in [-0.05, 0) is 37.1 Å². The van der Waals surface area contributed by atoms with Gasteiger partial charge in [0.25, 0.3) is 0 Å². The van der Waals surface area contributed by atoms with Crippen LogP contribution in [0.2, 0.25) is 0 Å². The third-order valence-electron chi connectivity index (χ3n) is 5.05. The number of nitrogens with one attached hydrogen (secondary N) is 1. The minimum absolute atomic E-state index is 0.0883. The summed E-state index contributed by atoms with van der Waals surface area (Å²) in [6, 6.07) is 16.3. The number of likely N-dealkylation sites (tertiary alicyclic amines) is 1. The Morgan fingerprint density at radius 2 is 1.82 bits per heavy atom. The number of piperidine rings is 1. The van der Waals surface area contributed by atoms with Gasteiger partial charge in [0, 0.05) is 18.8 Å². The van der Waals surface area contributed by atoms with E-state index in [0.717, 1.165) is 18.5 Å². The Kier molecular flexibility index (Phi) is 4.97. The lowest BCUT2D eigenvalue weighted by Crippen LogP contribution is -2.45. The largest absolute Gasteiger partial charge is 0.420 e. The van der Waals surface area contributed by atoms with E-state index >= 15 is 0 Å². The van der Waals surface area contributed by atoms with E-state index in [1.807, 2.05) is 30.3 Å². The van der Waals surface area contributed by atoms with Crippen LogP contribution in [-0.4, -0.2) is 34.4 Å². The Morgan fingerprint density at radius 3 is 2.64 bits per heavy atom. The maximum Gasteiger partial charge on any atom is 0.420 e. The quantitative estimate of drug-likeness (QED) is 0.755. The van der Waals surface area contributed by atoms with E-state index in [9.17, 15) is 14.4 Å². The summed E-state index contributed by atoms with van der Waals surface area (Å²) in [4.78, 5) is 39.1. The van der Waals surface area contributed by atoms with E-state index in [2.05, 4.69) is 5.32 Å². The van der Waals surface area contributed by atoms with Gasteiger partial charge in [-0.3, -0.25) is 14.2 Å². The summed E-state index contributed by atoms with van der Waals surface area (Å²) in [5, 5.41) is 2.90. The molecule has 1 saturated heterocycles. The lowest BCUT2D eigenvalue weighted by atomic mass is 9.97. The number of carbonyl (C=O) groups is 2. The molecule has 1 unspecified atom stereocenters.